The SMILES string of the molecule is C=C(c1ccccc1)c1nn(C2CCCCO2)c2nc(N3CCC(C)(CNC(=O)O)CC3)cnc12. The Bertz CT molecular complexity index is 1210. The molecule has 35 heavy (non-hydrogen) atoms. The van der Waals surface area contributed by atoms with Gasteiger partial charge in [-0.1, -0.05) is 43.8 Å². The number of ether oxygens (including phenoxy) is 1. The van der Waals surface area contributed by atoms with Gasteiger partial charge in [-0.05, 0) is 43.1 Å². The minimum Gasteiger partial charge on any atom is -0.465 e. The zero-order chi connectivity index (χ0) is 24.4. The van der Waals surface area contributed by atoms with Crippen LogP contribution in [0.2, 0.25) is 0 Å². The van der Waals surface area contributed by atoms with Crippen molar-refractivity contribution >= 4 is 28.6 Å². The van der Waals surface area contributed by atoms with Gasteiger partial charge in [0.15, 0.2) is 11.9 Å². The zero-order valence-corrected chi connectivity index (χ0v) is 20.1. The van der Waals surface area contributed by atoms with E-state index in [4.69, 9.17) is 24.9 Å². The van der Waals surface area contributed by atoms with Crippen LogP contribution in [0.3, 0.4) is 0 Å². The fourth-order valence-corrected chi connectivity index (χ4v) is 4.89. The molecular formula is C26H32N6O3. The Morgan fingerprint density at radius 1 is 1.26 bits per heavy atom. The van der Waals surface area contributed by atoms with Crippen molar-refractivity contribution in [1.29, 1.82) is 0 Å². The smallest absolute Gasteiger partial charge is 0.404 e. The summed E-state index contributed by atoms with van der Waals surface area (Å²) in [5, 5.41) is 16.4. The van der Waals surface area contributed by atoms with Crippen LogP contribution < -0.4 is 10.2 Å². The van der Waals surface area contributed by atoms with Crippen LogP contribution in [0, 0.1) is 5.41 Å². The van der Waals surface area contributed by atoms with Gasteiger partial charge in [-0.3, -0.25) is 0 Å². The number of nitrogens with zero attached hydrogens (tertiary/aromatic N) is 5. The van der Waals surface area contributed by atoms with Gasteiger partial charge in [0.25, 0.3) is 0 Å². The van der Waals surface area contributed by atoms with E-state index < -0.39 is 6.09 Å². The van der Waals surface area contributed by atoms with Crippen molar-refractivity contribution in [3.05, 3.63) is 54.4 Å². The third-order valence-electron chi connectivity index (χ3n) is 7.19. The Morgan fingerprint density at radius 3 is 2.71 bits per heavy atom. The number of rotatable bonds is 6. The van der Waals surface area contributed by atoms with Gasteiger partial charge in [-0.2, -0.15) is 5.10 Å². The highest BCUT2D eigenvalue weighted by Crippen LogP contribution is 2.34. The van der Waals surface area contributed by atoms with E-state index in [0.29, 0.717) is 18.8 Å². The Hall–Kier alpha value is -3.46. The molecule has 3 aromatic rings. The van der Waals surface area contributed by atoms with Gasteiger partial charge < -0.3 is 20.1 Å². The molecule has 0 aliphatic carbocycles. The molecule has 2 fully saturated rings. The normalized spacial score (nSPS) is 20.0. The summed E-state index contributed by atoms with van der Waals surface area (Å²) in [4.78, 5) is 23.0. The van der Waals surface area contributed by atoms with Crippen molar-refractivity contribution in [2.24, 2.45) is 5.41 Å². The van der Waals surface area contributed by atoms with Crippen LogP contribution in [0.4, 0.5) is 10.6 Å². The van der Waals surface area contributed by atoms with Crippen molar-refractivity contribution < 1.29 is 14.6 Å². The number of aromatic nitrogens is 4. The first-order valence-corrected chi connectivity index (χ1v) is 12.3. The molecule has 1 unspecified atom stereocenters. The number of hydrogen-bond acceptors (Lipinski definition) is 6. The molecule has 2 aromatic heterocycles. The number of benzene rings is 1. The summed E-state index contributed by atoms with van der Waals surface area (Å²) in [5.41, 5.74) is 3.91. The van der Waals surface area contributed by atoms with E-state index in [2.05, 4.69) is 23.7 Å². The Kier molecular flexibility index (Phi) is 6.42. The molecule has 2 aliphatic rings. The largest absolute Gasteiger partial charge is 0.465 e. The lowest BCUT2D eigenvalue weighted by Gasteiger charge is -2.39. The Balaban J connectivity index is 1.45. The molecule has 2 aliphatic heterocycles. The fourth-order valence-electron chi connectivity index (χ4n) is 4.89. The molecule has 0 saturated carbocycles. The fraction of sp³-hybridized carbons (Fsp3) is 0.462. The maximum absolute atomic E-state index is 10.9. The Morgan fingerprint density at radius 2 is 2.03 bits per heavy atom. The standard InChI is InChI=1S/C26H32N6O3/c1-18(19-8-4-3-5-9-19)22-23-24(32(30-22)21-10-6-7-15-35-21)29-20(16-27-23)31-13-11-26(2,12-14-31)17-28-25(33)34/h3-5,8-9,16,21,28H,1,6-7,10-15,17H2,2H3,(H,33,34). The minimum absolute atomic E-state index is 0.0648. The number of fused-ring (bicyclic) bond motifs is 1. The zero-order valence-electron chi connectivity index (χ0n) is 20.1. The van der Waals surface area contributed by atoms with E-state index in [9.17, 15) is 4.79 Å². The molecule has 5 rings (SSSR count). The van der Waals surface area contributed by atoms with E-state index in [1.807, 2.05) is 41.2 Å². The second kappa shape index (κ2) is 9.65. The molecule has 0 radical (unpaired) electrons. The van der Waals surface area contributed by atoms with Gasteiger partial charge in [0.1, 0.15) is 17.0 Å². The predicted octanol–water partition coefficient (Wildman–Crippen LogP) is 4.46. The lowest BCUT2D eigenvalue weighted by molar-refractivity contribution is -0.0370. The van der Waals surface area contributed by atoms with Crippen LogP contribution in [-0.4, -0.2) is 57.2 Å². The third-order valence-corrected chi connectivity index (χ3v) is 7.19. The number of hydrogen-bond donors (Lipinski definition) is 2. The van der Waals surface area contributed by atoms with Crippen LogP contribution >= 0.6 is 0 Å². The van der Waals surface area contributed by atoms with E-state index in [1.165, 1.54) is 0 Å². The number of carboxylic acid groups (broad SMARTS) is 1. The summed E-state index contributed by atoms with van der Waals surface area (Å²) in [6.07, 6.45) is 5.44. The first-order chi connectivity index (χ1) is 16.9. The van der Waals surface area contributed by atoms with Crippen molar-refractivity contribution in [3.8, 4) is 0 Å². The molecule has 0 spiro atoms. The van der Waals surface area contributed by atoms with Crippen molar-refractivity contribution in [1.82, 2.24) is 25.1 Å². The number of carbonyl (C=O) groups is 1. The summed E-state index contributed by atoms with van der Waals surface area (Å²) in [7, 11) is 0. The van der Waals surface area contributed by atoms with Gasteiger partial charge in [0.2, 0.25) is 0 Å². The van der Waals surface area contributed by atoms with Crippen molar-refractivity contribution in [2.75, 3.05) is 31.1 Å². The lowest BCUT2D eigenvalue weighted by Crippen LogP contribution is -2.44. The highest BCUT2D eigenvalue weighted by Gasteiger charge is 2.32. The number of anilines is 1. The van der Waals surface area contributed by atoms with Gasteiger partial charge >= 0.3 is 6.09 Å². The van der Waals surface area contributed by atoms with Crippen molar-refractivity contribution in [2.45, 2.75) is 45.3 Å². The second-order valence-corrected chi connectivity index (χ2v) is 9.82. The molecule has 184 valence electrons. The predicted molar refractivity (Wildman–Crippen MR) is 134 cm³/mol. The van der Waals surface area contributed by atoms with Gasteiger partial charge in [-0.15, -0.1) is 0 Å². The second-order valence-electron chi connectivity index (χ2n) is 9.82. The van der Waals surface area contributed by atoms with Gasteiger partial charge in [0, 0.05) is 31.8 Å². The quantitative estimate of drug-likeness (QED) is 0.541. The van der Waals surface area contributed by atoms with Gasteiger partial charge in [0.05, 0.1) is 6.20 Å². The minimum atomic E-state index is -0.976. The Labute approximate surface area is 204 Å². The third kappa shape index (κ3) is 4.86. The molecule has 2 N–H and O–H groups in total. The summed E-state index contributed by atoms with van der Waals surface area (Å²) < 4.78 is 7.95. The molecule has 1 atom stereocenters. The molecule has 9 heteroatoms. The average Bonchev–Trinajstić information content (AvgIpc) is 3.27. The van der Waals surface area contributed by atoms with Crippen LogP contribution in [0.25, 0.3) is 16.7 Å². The maximum atomic E-state index is 10.9. The molecule has 1 amide bonds. The molecular weight excluding hydrogens is 444 g/mol. The van der Waals surface area contributed by atoms with Crippen LogP contribution in [0.5, 0.6) is 0 Å². The van der Waals surface area contributed by atoms with Crippen LogP contribution in [0.15, 0.2) is 43.1 Å². The molecule has 2 saturated heterocycles. The van der Waals surface area contributed by atoms with Crippen LogP contribution in [-0.2, 0) is 4.74 Å². The van der Waals surface area contributed by atoms with E-state index in [-0.39, 0.29) is 11.6 Å². The van der Waals surface area contributed by atoms with E-state index in [0.717, 1.165) is 73.4 Å². The molecule has 1 aromatic carbocycles. The lowest BCUT2D eigenvalue weighted by atomic mass is 9.80. The van der Waals surface area contributed by atoms with Crippen LogP contribution in [0.1, 0.15) is 56.5 Å². The first-order valence-electron chi connectivity index (χ1n) is 12.3. The number of piperidine rings is 1. The summed E-state index contributed by atoms with van der Waals surface area (Å²) in [6.45, 7) is 9.19. The highest BCUT2D eigenvalue weighted by atomic mass is 16.5. The molecule has 0 bridgehead atoms. The van der Waals surface area contributed by atoms with Crippen molar-refractivity contribution in [3.63, 3.8) is 0 Å². The summed E-state index contributed by atoms with van der Waals surface area (Å²) in [5.74, 6) is 0.805. The highest BCUT2D eigenvalue weighted by molar-refractivity contribution is 5.90. The summed E-state index contributed by atoms with van der Waals surface area (Å²) in [6, 6.07) is 10.0. The van der Waals surface area contributed by atoms with E-state index in [1.54, 1.807) is 0 Å². The monoisotopic (exact) mass is 476 g/mol. The maximum Gasteiger partial charge on any atom is 0.404 e. The molecule has 4 heterocycles. The first kappa shape index (κ1) is 23.3. The summed E-state index contributed by atoms with van der Waals surface area (Å²) >= 11 is 0. The van der Waals surface area contributed by atoms with E-state index >= 15 is 0 Å². The average molecular weight is 477 g/mol. The number of amides is 1. The topological polar surface area (TPSA) is 105 Å². The molecule has 9 nitrogen and oxygen atoms in total. The van der Waals surface area contributed by atoms with Gasteiger partial charge in [-0.25, -0.2) is 19.4 Å². The number of nitrogens with one attached hydrogen (secondary N) is 1.